The van der Waals surface area contributed by atoms with E-state index in [9.17, 15) is 18.0 Å². The van der Waals surface area contributed by atoms with Crippen molar-refractivity contribution in [3.63, 3.8) is 0 Å². The summed E-state index contributed by atoms with van der Waals surface area (Å²) in [6.45, 7) is 0. The fraction of sp³-hybridized carbons (Fsp3) is 0.231. The van der Waals surface area contributed by atoms with E-state index >= 15 is 0 Å². The van der Waals surface area contributed by atoms with Gasteiger partial charge >= 0.3 is 6.18 Å². The van der Waals surface area contributed by atoms with Crippen LogP contribution < -0.4 is 17.0 Å². The number of nitrogen functional groups attached to an aromatic ring is 1. The molecule has 0 bridgehead atoms. The van der Waals surface area contributed by atoms with Crippen LogP contribution in [0.1, 0.15) is 11.1 Å². The minimum Gasteiger partial charge on any atom is -0.383 e. The number of aromatic amines is 1. The number of nitrogens with one attached hydrogen (secondary N) is 1. The Morgan fingerprint density at radius 3 is 2.55 bits per heavy atom. The highest BCUT2D eigenvalue weighted by atomic mass is 32.2. The molecule has 0 radical (unpaired) electrons. The molecule has 2 rings (SSSR count). The van der Waals surface area contributed by atoms with Crippen molar-refractivity contribution in [1.82, 2.24) is 9.97 Å². The van der Waals surface area contributed by atoms with Crippen LogP contribution in [0.4, 0.5) is 19.0 Å². The molecule has 1 aromatic heterocycles. The number of anilines is 1. The summed E-state index contributed by atoms with van der Waals surface area (Å²) in [5.74, 6) is 0.316. The molecule has 5 N–H and O–H groups in total. The van der Waals surface area contributed by atoms with Crippen LogP contribution in [0.15, 0.2) is 40.3 Å². The van der Waals surface area contributed by atoms with Gasteiger partial charge in [-0.1, -0.05) is 30.0 Å². The third-order valence-electron chi connectivity index (χ3n) is 2.37. The largest absolute Gasteiger partial charge is 0.416 e. The van der Waals surface area contributed by atoms with Gasteiger partial charge in [0.1, 0.15) is 5.82 Å². The van der Waals surface area contributed by atoms with Crippen molar-refractivity contribution in [3.8, 4) is 0 Å². The summed E-state index contributed by atoms with van der Waals surface area (Å²) in [6, 6.07) is 6.13. The summed E-state index contributed by atoms with van der Waals surface area (Å²) in [4.78, 5) is 17.5. The number of nitrogens with zero attached hydrogens (tertiary/aromatic N) is 1. The van der Waals surface area contributed by atoms with Crippen LogP contribution in [0.2, 0.25) is 0 Å². The van der Waals surface area contributed by atoms with Gasteiger partial charge in [-0.15, -0.1) is 0 Å². The molecule has 5 nitrogen and oxygen atoms in total. The normalized spacial score (nSPS) is 10.8. The SMILES string of the molecule is CN.Nc1cc(=O)[nH]c(SCc2cccc(C(F)(F)F)c2)n1. The minimum atomic E-state index is -4.37. The lowest BCUT2D eigenvalue weighted by Crippen LogP contribution is -2.09. The maximum atomic E-state index is 12.6. The Balaban J connectivity index is 0.00000116. The van der Waals surface area contributed by atoms with Gasteiger partial charge in [0.2, 0.25) is 0 Å². The number of aromatic nitrogens is 2. The van der Waals surface area contributed by atoms with E-state index in [2.05, 4.69) is 15.7 Å². The van der Waals surface area contributed by atoms with Gasteiger partial charge in [-0.25, -0.2) is 4.98 Å². The standard InChI is InChI=1S/C12H10F3N3OS.CH5N/c13-12(14,15)8-3-1-2-7(4-8)6-20-11-17-9(16)5-10(19)18-11;1-2/h1-5H,6H2,(H3,16,17,18,19);2H2,1H3. The molecule has 0 aliphatic rings. The van der Waals surface area contributed by atoms with Gasteiger partial charge in [0.25, 0.3) is 5.56 Å². The quantitative estimate of drug-likeness (QED) is 0.591. The Labute approximate surface area is 128 Å². The fourth-order valence-corrected chi connectivity index (χ4v) is 2.34. The van der Waals surface area contributed by atoms with Crippen molar-refractivity contribution >= 4 is 17.6 Å². The van der Waals surface area contributed by atoms with Crippen molar-refractivity contribution in [2.45, 2.75) is 17.1 Å². The molecule has 2 aromatic rings. The van der Waals surface area contributed by atoms with Gasteiger partial charge in [0, 0.05) is 11.8 Å². The van der Waals surface area contributed by atoms with Gasteiger partial charge in [-0.05, 0) is 18.7 Å². The van der Waals surface area contributed by atoms with E-state index < -0.39 is 17.3 Å². The average molecular weight is 332 g/mol. The first-order valence-corrected chi connectivity index (χ1v) is 7.06. The average Bonchev–Trinajstić information content (AvgIpc) is 2.46. The van der Waals surface area contributed by atoms with Crippen molar-refractivity contribution in [1.29, 1.82) is 0 Å². The van der Waals surface area contributed by atoms with E-state index in [0.717, 1.165) is 30.0 Å². The van der Waals surface area contributed by atoms with E-state index in [-0.39, 0.29) is 16.7 Å². The highest BCUT2D eigenvalue weighted by Gasteiger charge is 2.30. The molecule has 0 saturated heterocycles. The Morgan fingerprint density at radius 2 is 1.95 bits per heavy atom. The van der Waals surface area contributed by atoms with Crippen LogP contribution in [-0.4, -0.2) is 17.0 Å². The van der Waals surface area contributed by atoms with E-state index in [1.165, 1.54) is 13.1 Å². The third-order valence-corrected chi connectivity index (χ3v) is 3.31. The summed E-state index contributed by atoms with van der Waals surface area (Å²) in [6.07, 6.45) is -4.37. The zero-order valence-electron chi connectivity index (χ0n) is 11.6. The molecule has 1 aromatic carbocycles. The monoisotopic (exact) mass is 332 g/mol. The number of hydrogen-bond donors (Lipinski definition) is 3. The Bertz CT molecular complexity index is 673. The predicted molar refractivity (Wildman–Crippen MR) is 80.4 cm³/mol. The van der Waals surface area contributed by atoms with Crippen LogP contribution in [0.5, 0.6) is 0 Å². The van der Waals surface area contributed by atoms with Crippen molar-refractivity contribution in [2.75, 3.05) is 12.8 Å². The van der Waals surface area contributed by atoms with Crippen LogP contribution in [-0.2, 0) is 11.9 Å². The maximum absolute atomic E-state index is 12.6. The molecule has 0 fully saturated rings. The van der Waals surface area contributed by atoms with Gasteiger partial charge in [0.05, 0.1) is 5.56 Å². The Kier molecular flexibility index (Phi) is 6.44. The molecule has 1 heterocycles. The lowest BCUT2D eigenvalue weighted by atomic mass is 10.1. The van der Waals surface area contributed by atoms with Gasteiger partial charge in [-0.3, -0.25) is 4.79 Å². The lowest BCUT2D eigenvalue weighted by Gasteiger charge is -2.08. The van der Waals surface area contributed by atoms with Crippen molar-refractivity contribution in [2.24, 2.45) is 5.73 Å². The zero-order chi connectivity index (χ0) is 16.8. The zero-order valence-corrected chi connectivity index (χ0v) is 12.5. The summed E-state index contributed by atoms with van der Waals surface area (Å²) < 4.78 is 37.7. The highest BCUT2D eigenvalue weighted by Crippen LogP contribution is 2.30. The number of nitrogens with two attached hydrogens (primary N) is 2. The first-order valence-electron chi connectivity index (χ1n) is 6.08. The molecular formula is C13H15F3N4OS. The molecule has 0 atom stereocenters. The number of benzene rings is 1. The number of halogens is 3. The summed E-state index contributed by atoms with van der Waals surface area (Å²) in [5.41, 5.74) is 9.29. The predicted octanol–water partition coefficient (Wildman–Crippen LogP) is 2.24. The smallest absolute Gasteiger partial charge is 0.383 e. The molecule has 0 unspecified atom stereocenters. The molecule has 0 amide bonds. The Morgan fingerprint density at radius 1 is 1.27 bits per heavy atom. The summed E-state index contributed by atoms with van der Waals surface area (Å²) >= 11 is 1.11. The van der Waals surface area contributed by atoms with Gasteiger partial charge in [-0.2, -0.15) is 13.2 Å². The highest BCUT2D eigenvalue weighted by molar-refractivity contribution is 7.98. The second-order valence-corrected chi connectivity index (χ2v) is 4.93. The number of rotatable bonds is 3. The lowest BCUT2D eigenvalue weighted by molar-refractivity contribution is -0.137. The Hall–Kier alpha value is -2.00. The van der Waals surface area contributed by atoms with E-state index in [4.69, 9.17) is 5.73 Å². The first kappa shape index (κ1) is 18.1. The molecule has 120 valence electrons. The number of H-pyrrole nitrogens is 1. The molecule has 22 heavy (non-hydrogen) atoms. The van der Waals surface area contributed by atoms with Gasteiger partial charge in [0.15, 0.2) is 5.16 Å². The molecule has 0 aliphatic carbocycles. The fourth-order valence-electron chi connectivity index (χ4n) is 1.51. The summed E-state index contributed by atoms with van der Waals surface area (Å²) in [5, 5.41) is 0.271. The third kappa shape index (κ3) is 5.41. The number of thioether (sulfide) groups is 1. The molecule has 0 aliphatic heterocycles. The van der Waals surface area contributed by atoms with Crippen LogP contribution in [0, 0.1) is 0 Å². The van der Waals surface area contributed by atoms with Crippen LogP contribution >= 0.6 is 11.8 Å². The van der Waals surface area contributed by atoms with Crippen molar-refractivity contribution < 1.29 is 13.2 Å². The minimum absolute atomic E-state index is 0.0697. The summed E-state index contributed by atoms with van der Waals surface area (Å²) in [7, 11) is 1.50. The second-order valence-electron chi connectivity index (χ2n) is 3.96. The van der Waals surface area contributed by atoms with E-state index in [1.54, 1.807) is 6.07 Å². The molecular weight excluding hydrogens is 317 g/mol. The van der Waals surface area contributed by atoms with Crippen LogP contribution in [0.3, 0.4) is 0 Å². The number of alkyl halides is 3. The van der Waals surface area contributed by atoms with Crippen molar-refractivity contribution in [3.05, 3.63) is 51.8 Å². The molecule has 0 saturated carbocycles. The molecule has 0 spiro atoms. The molecule has 9 heteroatoms. The van der Waals surface area contributed by atoms with Crippen LogP contribution in [0.25, 0.3) is 0 Å². The van der Waals surface area contributed by atoms with E-state index in [1.807, 2.05) is 0 Å². The van der Waals surface area contributed by atoms with Gasteiger partial charge < -0.3 is 16.5 Å². The topological polar surface area (TPSA) is 97.8 Å². The maximum Gasteiger partial charge on any atom is 0.416 e. The first-order chi connectivity index (χ1) is 10.3. The van der Waals surface area contributed by atoms with E-state index in [0.29, 0.717) is 5.56 Å². The number of hydrogen-bond acceptors (Lipinski definition) is 5. The second kappa shape index (κ2) is 7.85.